The number of nitrogens with one attached hydrogen (secondary N) is 1. The van der Waals surface area contributed by atoms with E-state index in [1.54, 1.807) is 18.2 Å². The molecule has 2 aromatic rings. The lowest BCUT2D eigenvalue weighted by molar-refractivity contribution is -0.164. The maximum Gasteiger partial charge on any atom is 0.328 e. The Balaban J connectivity index is 0.000000603. The van der Waals surface area contributed by atoms with Gasteiger partial charge in [-0.2, -0.15) is 0 Å². The molecule has 0 bridgehead atoms. The van der Waals surface area contributed by atoms with Crippen molar-refractivity contribution >= 4 is 40.7 Å². The Morgan fingerprint density at radius 3 is 2.35 bits per heavy atom. The van der Waals surface area contributed by atoms with Crippen LogP contribution in [0.3, 0.4) is 0 Å². The number of fused-ring (bicyclic) bond motifs is 1. The first-order chi connectivity index (χ1) is 23.5. The first-order valence-electron chi connectivity index (χ1n) is 16.9. The largest absolute Gasteiger partial charge is 0.478 e. The molecule has 2 amide bonds. The summed E-state index contributed by atoms with van der Waals surface area (Å²) >= 11 is 0. The Morgan fingerprint density at radius 1 is 1.04 bits per heavy atom. The molecule has 1 saturated heterocycles. The Hall–Kier alpha value is -4.65. The molecule has 1 fully saturated rings. The molecule has 12 nitrogen and oxygen atoms in total. The van der Waals surface area contributed by atoms with Crippen LogP contribution in [0.15, 0.2) is 58.2 Å². The van der Waals surface area contributed by atoms with Gasteiger partial charge in [0.15, 0.2) is 11.2 Å². The predicted octanol–water partition coefficient (Wildman–Crippen LogP) is 5.57. The number of aromatic nitrogens is 1. The fourth-order valence-corrected chi connectivity index (χ4v) is 6.79. The van der Waals surface area contributed by atoms with Gasteiger partial charge in [-0.1, -0.05) is 57.0 Å². The van der Waals surface area contributed by atoms with Crippen LogP contribution in [0.2, 0.25) is 0 Å². The highest BCUT2D eigenvalue weighted by molar-refractivity contribution is 6.21. The number of nitrogens with zero attached hydrogens (tertiary/aromatic N) is 2. The average molecular weight is 682 g/mol. The summed E-state index contributed by atoms with van der Waals surface area (Å²) in [6.07, 6.45) is 15.1. The summed E-state index contributed by atoms with van der Waals surface area (Å²) in [6, 6.07) is 3.83. The van der Waals surface area contributed by atoms with E-state index in [0.717, 1.165) is 51.6 Å². The molecule has 3 aliphatic rings. The van der Waals surface area contributed by atoms with Crippen molar-refractivity contribution in [3.63, 3.8) is 0 Å². The van der Waals surface area contributed by atoms with Crippen LogP contribution in [0.5, 0.6) is 0 Å². The van der Waals surface area contributed by atoms with Crippen molar-refractivity contribution in [1.82, 2.24) is 15.4 Å². The number of piperidine rings is 1. The van der Waals surface area contributed by atoms with Crippen LogP contribution in [0.1, 0.15) is 90.2 Å². The monoisotopic (exact) mass is 681 g/mol. The van der Waals surface area contributed by atoms with Gasteiger partial charge in [0.05, 0.1) is 5.92 Å². The van der Waals surface area contributed by atoms with Crippen molar-refractivity contribution in [1.29, 1.82) is 0 Å². The van der Waals surface area contributed by atoms with Gasteiger partial charge >= 0.3 is 17.9 Å². The number of unbranched alkanes of at least 4 members (excludes halogenated alkanes) is 6. The number of carboxylic acid groups (broad SMARTS) is 2. The van der Waals surface area contributed by atoms with E-state index < -0.39 is 47.1 Å². The number of carboxylic acids is 2. The van der Waals surface area contributed by atoms with E-state index in [9.17, 15) is 28.4 Å². The summed E-state index contributed by atoms with van der Waals surface area (Å²) in [7, 11) is 0. The molecule has 5 rings (SSSR count). The molecular formula is C36H44FN3O9. The third-order valence-corrected chi connectivity index (χ3v) is 9.17. The summed E-state index contributed by atoms with van der Waals surface area (Å²) in [6.45, 7) is 5.85. The number of imide groups is 1. The molecule has 0 spiro atoms. The smallest absolute Gasteiger partial charge is 0.328 e. The van der Waals surface area contributed by atoms with Gasteiger partial charge in [0, 0.05) is 47.2 Å². The second-order valence-electron chi connectivity index (χ2n) is 12.6. The Labute approximate surface area is 284 Å². The van der Waals surface area contributed by atoms with Crippen molar-refractivity contribution in [2.24, 2.45) is 5.92 Å². The van der Waals surface area contributed by atoms with Crippen LogP contribution < -0.4 is 5.32 Å². The number of ether oxygens (including phenoxy) is 1. The van der Waals surface area contributed by atoms with E-state index in [2.05, 4.69) is 22.3 Å². The maximum absolute atomic E-state index is 14.1. The molecule has 49 heavy (non-hydrogen) atoms. The molecule has 264 valence electrons. The number of carbonyl (C=O) groups is 5. The molecule has 3 N–H and O–H groups in total. The molecular weight excluding hydrogens is 637 g/mol. The van der Waals surface area contributed by atoms with Crippen LogP contribution in [0, 0.1) is 11.7 Å². The molecule has 1 aromatic heterocycles. The summed E-state index contributed by atoms with van der Waals surface area (Å²) in [5.41, 5.74) is -0.450. The lowest BCUT2D eigenvalue weighted by atomic mass is 9.69. The normalized spacial score (nSPS) is 21.3. The maximum atomic E-state index is 14.1. The van der Waals surface area contributed by atoms with Gasteiger partial charge in [-0.05, 0) is 63.6 Å². The van der Waals surface area contributed by atoms with Crippen molar-refractivity contribution < 1.29 is 47.8 Å². The zero-order chi connectivity index (χ0) is 35.6. The second-order valence-corrected chi connectivity index (χ2v) is 12.6. The number of aliphatic carboxylic acids is 2. The van der Waals surface area contributed by atoms with Gasteiger partial charge in [0.1, 0.15) is 11.5 Å². The number of amides is 2. The van der Waals surface area contributed by atoms with Gasteiger partial charge in [-0.15, -0.1) is 0 Å². The van der Waals surface area contributed by atoms with Crippen LogP contribution in [0.25, 0.3) is 11.0 Å². The van der Waals surface area contributed by atoms with E-state index in [-0.39, 0.29) is 29.2 Å². The molecule has 0 radical (unpaired) electrons. The number of carbonyl (C=O) groups excluding carboxylic acids is 3. The SMILES string of the molecule is CCCCCCCCCC(=O)OC1(c2noc3cc(F)ccc23)C=CC2=C(C(=O)NC2=O)C1C(C)N1CCCCC1.O=C(O)C=CC(=O)O. The van der Waals surface area contributed by atoms with Crippen LogP contribution in [0.4, 0.5) is 4.39 Å². The highest BCUT2D eigenvalue weighted by atomic mass is 19.1. The molecule has 0 saturated carbocycles. The van der Waals surface area contributed by atoms with E-state index >= 15 is 0 Å². The molecule has 3 heterocycles. The molecule has 3 atom stereocenters. The Morgan fingerprint density at radius 2 is 1.69 bits per heavy atom. The third kappa shape index (κ3) is 9.08. The lowest BCUT2D eigenvalue weighted by Gasteiger charge is -2.46. The van der Waals surface area contributed by atoms with Crippen molar-refractivity contribution in [3.8, 4) is 0 Å². The quantitative estimate of drug-likeness (QED) is 0.0983. The minimum Gasteiger partial charge on any atom is -0.478 e. The second kappa shape index (κ2) is 17.1. The minimum atomic E-state index is -1.53. The molecule has 1 aliphatic carbocycles. The Bertz CT molecular complexity index is 1620. The topological polar surface area (TPSA) is 176 Å². The third-order valence-electron chi connectivity index (χ3n) is 9.17. The van der Waals surface area contributed by atoms with Crippen LogP contribution in [-0.4, -0.2) is 69.1 Å². The number of rotatable bonds is 14. The fourth-order valence-electron chi connectivity index (χ4n) is 6.79. The number of halogens is 1. The van der Waals surface area contributed by atoms with Gasteiger partial charge in [0.25, 0.3) is 11.8 Å². The zero-order valence-electron chi connectivity index (χ0n) is 27.9. The van der Waals surface area contributed by atoms with Crippen LogP contribution >= 0.6 is 0 Å². The summed E-state index contributed by atoms with van der Waals surface area (Å²) in [5.74, 6) is -5.09. The average Bonchev–Trinajstić information content (AvgIpc) is 3.63. The molecule has 2 aliphatic heterocycles. The number of benzene rings is 1. The highest BCUT2D eigenvalue weighted by Gasteiger charge is 2.56. The van der Waals surface area contributed by atoms with E-state index in [0.29, 0.717) is 29.7 Å². The molecule has 1 aromatic carbocycles. The van der Waals surface area contributed by atoms with Gasteiger partial charge in [-0.25, -0.2) is 14.0 Å². The summed E-state index contributed by atoms with van der Waals surface area (Å²) < 4.78 is 26.1. The number of likely N-dealkylation sites (tertiary alicyclic amines) is 1. The van der Waals surface area contributed by atoms with E-state index in [4.69, 9.17) is 19.5 Å². The lowest BCUT2D eigenvalue weighted by Crippen LogP contribution is -2.53. The zero-order valence-corrected chi connectivity index (χ0v) is 27.9. The van der Waals surface area contributed by atoms with Crippen LogP contribution in [-0.2, 0) is 34.3 Å². The standard InChI is InChI=1S/C32H40FN3O5.C4H4O4/c1-3-4-5-6-7-8-10-13-26(37)40-32(29-23-15-14-22(33)20-25(23)41-35-29)17-16-24-27(31(39)34-30(24)38)28(32)21(2)36-18-11-9-12-19-36;5-3(6)1-2-4(7)8/h14-17,20-21,28H,3-13,18-19H2,1-2H3,(H,34,38,39);1-2H,(H,5,6)(H,7,8). The molecule has 3 unspecified atom stereocenters. The highest BCUT2D eigenvalue weighted by Crippen LogP contribution is 2.49. The number of esters is 1. The van der Waals surface area contributed by atoms with Gasteiger partial charge in [-0.3, -0.25) is 24.6 Å². The van der Waals surface area contributed by atoms with Gasteiger partial charge in [0.2, 0.25) is 0 Å². The fraction of sp³-hybridized carbons (Fsp3) is 0.500. The van der Waals surface area contributed by atoms with Crippen molar-refractivity contribution in [3.05, 3.63) is 65.2 Å². The van der Waals surface area contributed by atoms with E-state index in [1.165, 1.54) is 31.4 Å². The first kappa shape index (κ1) is 37.2. The minimum absolute atomic E-state index is 0.215. The molecule has 13 heteroatoms. The summed E-state index contributed by atoms with van der Waals surface area (Å²) in [4.78, 5) is 61.0. The Kier molecular flexibility index (Phi) is 13.0. The summed E-state index contributed by atoms with van der Waals surface area (Å²) in [5, 5.41) is 22.9. The van der Waals surface area contributed by atoms with Crippen molar-refractivity contribution in [2.75, 3.05) is 13.1 Å². The van der Waals surface area contributed by atoms with E-state index in [1.807, 2.05) is 6.92 Å². The predicted molar refractivity (Wildman–Crippen MR) is 176 cm³/mol. The number of hydrogen-bond acceptors (Lipinski definition) is 9. The van der Waals surface area contributed by atoms with Gasteiger partial charge < -0.3 is 19.5 Å². The van der Waals surface area contributed by atoms with Crippen molar-refractivity contribution in [2.45, 2.75) is 96.1 Å². The first-order valence-corrected chi connectivity index (χ1v) is 16.9. The number of hydrogen-bond donors (Lipinski definition) is 3.